The fourth-order valence-corrected chi connectivity index (χ4v) is 0.545. The summed E-state index contributed by atoms with van der Waals surface area (Å²) >= 11 is 0. The smallest absolute Gasteiger partial charge is 0.131 e. The van der Waals surface area contributed by atoms with E-state index in [4.69, 9.17) is 15.0 Å². The van der Waals surface area contributed by atoms with Crippen LogP contribution in [0.5, 0.6) is 0 Å². The number of aliphatic hydroxyl groups is 1. The SMILES string of the molecule is C[N+](C)(C)CCCO.Cl.NC(=O)[O-]. The van der Waals surface area contributed by atoms with Crippen LogP contribution in [0.2, 0.25) is 0 Å². The zero-order valence-electron chi connectivity index (χ0n) is 8.32. The van der Waals surface area contributed by atoms with Gasteiger partial charge < -0.3 is 25.2 Å². The molecule has 0 saturated carbocycles. The van der Waals surface area contributed by atoms with Crippen LogP contribution in [-0.4, -0.2) is 50.0 Å². The molecule has 0 bridgehead atoms. The predicted molar refractivity (Wildman–Crippen MR) is 51.4 cm³/mol. The number of aliphatic hydroxyl groups excluding tert-OH is 1. The van der Waals surface area contributed by atoms with Crippen molar-refractivity contribution in [1.29, 1.82) is 0 Å². The van der Waals surface area contributed by atoms with Crippen LogP contribution in [0.4, 0.5) is 4.79 Å². The van der Waals surface area contributed by atoms with Crippen LogP contribution in [0.1, 0.15) is 6.42 Å². The predicted octanol–water partition coefficient (Wildman–Crippen LogP) is -1.21. The largest absolute Gasteiger partial charge is 0.530 e. The summed E-state index contributed by atoms with van der Waals surface area (Å²) in [5, 5.41) is 17.1. The highest BCUT2D eigenvalue weighted by atomic mass is 35.5. The van der Waals surface area contributed by atoms with Crippen molar-refractivity contribution in [1.82, 2.24) is 0 Å². The van der Waals surface area contributed by atoms with Gasteiger partial charge in [-0.3, -0.25) is 0 Å². The number of primary amides is 1. The average molecular weight is 215 g/mol. The van der Waals surface area contributed by atoms with Crippen molar-refractivity contribution in [2.45, 2.75) is 6.42 Å². The third-order valence-electron chi connectivity index (χ3n) is 0.987. The van der Waals surface area contributed by atoms with E-state index in [9.17, 15) is 0 Å². The van der Waals surface area contributed by atoms with E-state index in [1.807, 2.05) is 0 Å². The van der Waals surface area contributed by atoms with Gasteiger partial charge in [-0.2, -0.15) is 0 Å². The number of nitrogens with two attached hydrogens (primary N) is 1. The fourth-order valence-electron chi connectivity index (χ4n) is 0.545. The number of hydrogen-bond donors (Lipinski definition) is 2. The Balaban J connectivity index is -0.000000173. The van der Waals surface area contributed by atoms with Gasteiger partial charge >= 0.3 is 0 Å². The number of amides is 1. The topological polar surface area (TPSA) is 86.4 Å². The molecule has 13 heavy (non-hydrogen) atoms. The normalized spacial score (nSPS) is 9.23. The van der Waals surface area contributed by atoms with Crippen LogP contribution in [-0.2, 0) is 0 Å². The lowest BCUT2D eigenvalue weighted by Gasteiger charge is -2.22. The summed E-state index contributed by atoms with van der Waals surface area (Å²) in [4.78, 5) is 8.67. The number of carbonyl (C=O) groups excluding carboxylic acids is 1. The maximum Gasteiger partial charge on any atom is 0.131 e. The molecule has 5 nitrogen and oxygen atoms in total. The molecular formula is C7H19ClN2O3. The quantitative estimate of drug-likeness (QED) is 0.578. The third kappa shape index (κ3) is 51.4. The van der Waals surface area contributed by atoms with Crippen molar-refractivity contribution in [3.05, 3.63) is 0 Å². The second-order valence-corrected chi connectivity index (χ2v) is 3.41. The Hall–Kier alpha value is -0.520. The Kier molecular flexibility index (Phi) is 13.5. The molecular weight excluding hydrogens is 196 g/mol. The van der Waals surface area contributed by atoms with Crippen molar-refractivity contribution in [3.8, 4) is 0 Å². The first kappa shape index (κ1) is 18.3. The lowest BCUT2D eigenvalue weighted by atomic mass is 10.4. The first-order valence-electron chi connectivity index (χ1n) is 3.67. The van der Waals surface area contributed by atoms with Gasteiger partial charge in [0.2, 0.25) is 0 Å². The van der Waals surface area contributed by atoms with Crippen LogP contribution in [0.15, 0.2) is 0 Å². The number of quaternary nitrogens is 1. The molecule has 0 atom stereocenters. The van der Waals surface area contributed by atoms with Gasteiger partial charge in [-0.05, 0) is 0 Å². The summed E-state index contributed by atoms with van der Waals surface area (Å²) in [7, 11) is 6.36. The minimum atomic E-state index is -1.58. The van der Waals surface area contributed by atoms with Gasteiger partial charge in [-0.25, -0.2) is 0 Å². The molecule has 6 heteroatoms. The van der Waals surface area contributed by atoms with Gasteiger partial charge in [-0.15, -0.1) is 12.4 Å². The second kappa shape index (κ2) is 9.57. The minimum absolute atomic E-state index is 0. The van der Waals surface area contributed by atoms with Crippen molar-refractivity contribution in [2.75, 3.05) is 34.3 Å². The Labute approximate surface area is 85.1 Å². The summed E-state index contributed by atoms with van der Waals surface area (Å²) in [6, 6.07) is 0. The van der Waals surface area contributed by atoms with Crippen molar-refractivity contribution >= 4 is 18.5 Å². The summed E-state index contributed by atoms with van der Waals surface area (Å²) in [6.07, 6.45) is -0.677. The van der Waals surface area contributed by atoms with E-state index >= 15 is 0 Å². The van der Waals surface area contributed by atoms with E-state index in [2.05, 4.69) is 26.9 Å². The molecule has 0 fully saturated rings. The van der Waals surface area contributed by atoms with Crippen molar-refractivity contribution < 1.29 is 19.5 Å². The maximum absolute atomic E-state index is 8.67. The van der Waals surface area contributed by atoms with Gasteiger partial charge in [0, 0.05) is 13.0 Å². The standard InChI is InChI=1S/C6H16NO.CH3NO2.ClH/c1-7(2,3)5-4-6-8;2-1(3)4;/h8H,4-6H2,1-3H3;2H2,(H,3,4);1H/q+1;;/p-1. The summed E-state index contributed by atoms with van der Waals surface area (Å²) in [6.45, 7) is 1.37. The summed E-state index contributed by atoms with van der Waals surface area (Å²) < 4.78 is 0.945. The maximum atomic E-state index is 8.67. The lowest BCUT2D eigenvalue weighted by molar-refractivity contribution is -0.870. The first-order chi connectivity index (χ1) is 5.29. The van der Waals surface area contributed by atoms with Gasteiger partial charge in [0.25, 0.3) is 0 Å². The number of carboxylic acid groups (broad SMARTS) is 1. The molecule has 0 aliphatic carbocycles. The molecule has 0 unspecified atom stereocenters. The van der Waals surface area contributed by atoms with E-state index in [1.165, 1.54) is 0 Å². The Bertz CT molecular complexity index is 121. The number of nitrogens with zero attached hydrogens (tertiary/aromatic N) is 1. The van der Waals surface area contributed by atoms with E-state index in [1.54, 1.807) is 0 Å². The molecule has 0 aromatic rings. The highest BCUT2D eigenvalue weighted by Crippen LogP contribution is 1.90. The van der Waals surface area contributed by atoms with Crippen molar-refractivity contribution in [2.24, 2.45) is 5.73 Å². The van der Waals surface area contributed by atoms with E-state index in [-0.39, 0.29) is 12.4 Å². The molecule has 0 aliphatic rings. The van der Waals surface area contributed by atoms with Crippen molar-refractivity contribution in [3.63, 3.8) is 0 Å². The molecule has 0 aromatic heterocycles. The van der Waals surface area contributed by atoms with E-state index in [0.29, 0.717) is 6.61 Å². The number of halogens is 1. The minimum Gasteiger partial charge on any atom is -0.530 e. The van der Waals surface area contributed by atoms with E-state index in [0.717, 1.165) is 17.4 Å². The summed E-state index contributed by atoms with van der Waals surface area (Å²) in [5.41, 5.74) is 3.92. The lowest BCUT2D eigenvalue weighted by Crippen LogP contribution is -2.35. The molecule has 0 aliphatic heterocycles. The fraction of sp³-hybridized carbons (Fsp3) is 0.857. The second-order valence-electron chi connectivity index (χ2n) is 3.41. The van der Waals surface area contributed by atoms with Gasteiger partial charge in [0.1, 0.15) is 6.09 Å². The summed E-state index contributed by atoms with van der Waals surface area (Å²) in [5.74, 6) is 0. The van der Waals surface area contributed by atoms with Gasteiger partial charge in [0.05, 0.1) is 27.7 Å². The van der Waals surface area contributed by atoms with Gasteiger partial charge in [-0.1, -0.05) is 0 Å². The molecule has 0 aromatic carbocycles. The van der Waals surface area contributed by atoms with Crippen LogP contribution in [0, 0.1) is 0 Å². The molecule has 1 amide bonds. The van der Waals surface area contributed by atoms with Crippen LogP contribution >= 0.6 is 12.4 Å². The van der Waals surface area contributed by atoms with Gasteiger partial charge in [0.15, 0.2) is 0 Å². The molecule has 0 rings (SSSR count). The highest BCUT2D eigenvalue weighted by Gasteiger charge is 2.03. The molecule has 82 valence electrons. The zero-order chi connectivity index (χ0) is 10.2. The number of carbonyl (C=O) groups is 1. The molecule has 0 spiro atoms. The number of hydrogen-bond acceptors (Lipinski definition) is 3. The molecule has 0 radical (unpaired) electrons. The molecule has 3 N–H and O–H groups in total. The highest BCUT2D eigenvalue weighted by molar-refractivity contribution is 5.85. The zero-order valence-corrected chi connectivity index (χ0v) is 9.13. The Morgan fingerprint density at radius 3 is 1.85 bits per heavy atom. The van der Waals surface area contributed by atoms with Crippen LogP contribution in [0.25, 0.3) is 0 Å². The molecule has 0 saturated heterocycles. The average Bonchev–Trinajstić information content (AvgIpc) is 1.80. The van der Waals surface area contributed by atoms with E-state index < -0.39 is 6.09 Å². The third-order valence-corrected chi connectivity index (χ3v) is 0.987. The Morgan fingerprint density at radius 2 is 1.77 bits per heavy atom. The van der Waals surface area contributed by atoms with Crippen LogP contribution < -0.4 is 10.8 Å². The Morgan fingerprint density at radius 1 is 1.46 bits per heavy atom. The number of rotatable bonds is 3. The monoisotopic (exact) mass is 214 g/mol. The van der Waals surface area contributed by atoms with Crippen LogP contribution in [0.3, 0.4) is 0 Å². The molecule has 0 heterocycles. The first-order valence-corrected chi connectivity index (χ1v) is 3.67.